The molecule has 0 atom stereocenters. The van der Waals surface area contributed by atoms with Gasteiger partial charge in [-0.1, -0.05) is 29.3 Å². The predicted octanol–water partition coefficient (Wildman–Crippen LogP) is 4.26. The molecule has 0 radical (unpaired) electrons. The largest absolute Gasteiger partial charge is 0.475 e. The van der Waals surface area contributed by atoms with Gasteiger partial charge < -0.3 is 14.4 Å². The summed E-state index contributed by atoms with van der Waals surface area (Å²) < 4.78 is 32.8. The second-order valence-electron chi connectivity index (χ2n) is 6.98. The Morgan fingerprint density at radius 3 is 2.30 bits per heavy atom. The Bertz CT molecular complexity index is 1230. The molecule has 2 aromatic carbocycles. The van der Waals surface area contributed by atoms with Crippen molar-refractivity contribution in [2.75, 3.05) is 31.1 Å². The van der Waals surface area contributed by atoms with Gasteiger partial charge in [-0.25, -0.2) is 13.2 Å². The Morgan fingerprint density at radius 2 is 1.70 bits per heavy atom. The maximum Gasteiger partial charge on any atom is 0.371 e. The molecule has 1 aliphatic heterocycles. The number of carbonyl (C=O) groups is 1. The first-order valence-electron chi connectivity index (χ1n) is 9.15. The van der Waals surface area contributed by atoms with Crippen molar-refractivity contribution in [2.24, 2.45) is 0 Å². The van der Waals surface area contributed by atoms with Gasteiger partial charge in [-0.3, -0.25) is 0 Å². The second-order valence-corrected chi connectivity index (χ2v) is 9.67. The van der Waals surface area contributed by atoms with Crippen LogP contribution in [0.1, 0.15) is 16.1 Å². The summed E-state index contributed by atoms with van der Waals surface area (Å²) in [5.41, 5.74) is 2.30. The molecular weight excluding hydrogens is 451 g/mol. The van der Waals surface area contributed by atoms with Gasteiger partial charge in [0.2, 0.25) is 15.8 Å². The van der Waals surface area contributed by atoms with Crippen LogP contribution in [-0.4, -0.2) is 50.0 Å². The molecule has 1 N–H and O–H groups in total. The number of aromatic carboxylic acids is 1. The number of carboxylic acid groups (broad SMARTS) is 1. The lowest BCUT2D eigenvalue weighted by atomic mass is 10.1. The highest BCUT2D eigenvalue weighted by Crippen LogP contribution is 2.34. The number of aryl methyl sites for hydroxylation is 1. The molecule has 0 amide bonds. The fourth-order valence-corrected chi connectivity index (χ4v) is 6.23. The van der Waals surface area contributed by atoms with E-state index in [4.69, 9.17) is 32.7 Å². The standard InChI is InChI=1S/C20H18Cl2N2O5S/c1-12-13-11-18(20(25)26)29-17(13)6-5-16(12)23-7-9-24(10-8-23)30(27,28)19-14(21)3-2-4-15(19)22/h2-6,11H,7-10H2,1H3,(H,25,26). The van der Waals surface area contributed by atoms with Crippen LogP contribution in [-0.2, 0) is 10.0 Å². The fraction of sp³-hybridized carbons (Fsp3) is 0.250. The van der Waals surface area contributed by atoms with Crippen molar-refractivity contribution in [2.45, 2.75) is 11.8 Å². The molecule has 7 nitrogen and oxygen atoms in total. The smallest absolute Gasteiger partial charge is 0.371 e. The summed E-state index contributed by atoms with van der Waals surface area (Å²) in [6.07, 6.45) is 0. The van der Waals surface area contributed by atoms with Crippen molar-refractivity contribution in [1.29, 1.82) is 0 Å². The summed E-state index contributed by atoms with van der Waals surface area (Å²) in [4.78, 5) is 13.2. The molecule has 1 aliphatic rings. The Kier molecular flexibility index (Phi) is 5.44. The lowest BCUT2D eigenvalue weighted by Gasteiger charge is -2.36. The minimum absolute atomic E-state index is 0.0704. The SMILES string of the molecule is Cc1c(N2CCN(S(=O)(=O)c3c(Cl)cccc3Cl)CC2)ccc2oc(C(=O)O)cc12. The van der Waals surface area contributed by atoms with Crippen molar-refractivity contribution in [1.82, 2.24) is 4.31 Å². The average Bonchev–Trinajstić information content (AvgIpc) is 3.14. The van der Waals surface area contributed by atoms with E-state index >= 15 is 0 Å². The molecule has 1 saturated heterocycles. The second kappa shape index (κ2) is 7.77. The maximum atomic E-state index is 13.1. The number of furan rings is 1. The molecular formula is C20H18Cl2N2O5S. The summed E-state index contributed by atoms with van der Waals surface area (Å²) in [7, 11) is -3.82. The van der Waals surface area contributed by atoms with Gasteiger partial charge in [-0.15, -0.1) is 0 Å². The number of fused-ring (bicyclic) bond motifs is 1. The molecule has 3 aromatic rings. The number of hydrogen-bond acceptors (Lipinski definition) is 5. The molecule has 158 valence electrons. The van der Waals surface area contributed by atoms with Crippen LogP contribution in [0.15, 0.2) is 45.7 Å². The number of rotatable bonds is 4. The predicted molar refractivity (Wildman–Crippen MR) is 115 cm³/mol. The third-order valence-corrected chi connectivity index (χ3v) is 8.10. The third-order valence-electron chi connectivity index (χ3n) is 5.25. The normalized spacial score (nSPS) is 15.6. The number of hydrogen-bond donors (Lipinski definition) is 1. The zero-order valence-corrected chi connectivity index (χ0v) is 18.3. The van der Waals surface area contributed by atoms with Crippen LogP contribution in [0, 0.1) is 6.92 Å². The van der Waals surface area contributed by atoms with E-state index in [-0.39, 0.29) is 33.8 Å². The van der Waals surface area contributed by atoms with Crippen LogP contribution in [0.4, 0.5) is 5.69 Å². The number of piperazine rings is 1. The molecule has 0 saturated carbocycles. The van der Waals surface area contributed by atoms with E-state index in [1.54, 1.807) is 12.1 Å². The number of benzene rings is 2. The van der Waals surface area contributed by atoms with Gasteiger partial charge in [0.25, 0.3) is 0 Å². The Morgan fingerprint density at radius 1 is 1.07 bits per heavy atom. The zero-order valence-electron chi connectivity index (χ0n) is 15.9. The molecule has 1 fully saturated rings. The van der Waals surface area contributed by atoms with E-state index < -0.39 is 16.0 Å². The number of sulfonamides is 1. The van der Waals surface area contributed by atoms with E-state index in [9.17, 15) is 13.2 Å². The first-order chi connectivity index (χ1) is 14.2. The van der Waals surface area contributed by atoms with Crippen molar-refractivity contribution in [3.05, 3.63) is 57.8 Å². The van der Waals surface area contributed by atoms with Gasteiger partial charge in [0, 0.05) is 37.3 Å². The lowest BCUT2D eigenvalue weighted by molar-refractivity contribution is 0.0665. The molecule has 0 aliphatic carbocycles. The lowest BCUT2D eigenvalue weighted by Crippen LogP contribution is -2.49. The van der Waals surface area contributed by atoms with E-state index in [1.165, 1.54) is 22.5 Å². The number of nitrogens with zero attached hydrogens (tertiary/aromatic N) is 2. The minimum atomic E-state index is -3.82. The van der Waals surface area contributed by atoms with Gasteiger partial charge in [0.1, 0.15) is 10.5 Å². The third kappa shape index (κ3) is 3.54. The summed E-state index contributed by atoms with van der Waals surface area (Å²) in [6.45, 7) is 3.38. The van der Waals surface area contributed by atoms with E-state index in [2.05, 4.69) is 4.90 Å². The van der Waals surface area contributed by atoms with Crippen LogP contribution in [0.2, 0.25) is 10.0 Å². The van der Waals surface area contributed by atoms with Gasteiger partial charge in [-0.2, -0.15) is 4.31 Å². The number of carboxylic acids is 1. The van der Waals surface area contributed by atoms with Gasteiger partial charge in [0.05, 0.1) is 10.0 Å². The first-order valence-corrected chi connectivity index (χ1v) is 11.4. The number of anilines is 1. The monoisotopic (exact) mass is 468 g/mol. The molecule has 1 aromatic heterocycles. The summed E-state index contributed by atoms with van der Waals surface area (Å²) >= 11 is 12.2. The Balaban J connectivity index is 1.58. The van der Waals surface area contributed by atoms with Crippen molar-refractivity contribution in [3.8, 4) is 0 Å². The topological polar surface area (TPSA) is 91.1 Å². The fourth-order valence-electron chi connectivity index (χ4n) is 3.71. The Hall–Kier alpha value is -2.26. The Labute approximate surface area is 183 Å². The molecule has 0 bridgehead atoms. The summed E-state index contributed by atoms with van der Waals surface area (Å²) in [5, 5.41) is 10.1. The van der Waals surface area contributed by atoms with Crippen LogP contribution in [0.25, 0.3) is 11.0 Å². The highest BCUT2D eigenvalue weighted by Gasteiger charge is 2.32. The highest BCUT2D eigenvalue weighted by molar-refractivity contribution is 7.89. The van der Waals surface area contributed by atoms with E-state index in [0.29, 0.717) is 18.7 Å². The number of halogens is 2. The summed E-state index contributed by atoms with van der Waals surface area (Å²) in [5.74, 6) is -1.23. The highest BCUT2D eigenvalue weighted by atomic mass is 35.5. The van der Waals surface area contributed by atoms with Crippen molar-refractivity contribution in [3.63, 3.8) is 0 Å². The van der Waals surface area contributed by atoms with Gasteiger partial charge in [0.15, 0.2) is 0 Å². The van der Waals surface area contributed by atoms with Gasteiger partial charge >= 0.3 is 5.97 Å². The molecule has 30 heavy (non-hydrogen) atoms. The van der Waals surface area contributed by atoms with Crippen LogP contribution in [0.5, 0.6) is 0 Å². The zero-order chi connectivity index (χ0) is 21.6. The van der Waals surface area contributed by atoms with Crippen LogP contribution in [0.3, 0.4) is 0 Å². The minimum Gasteiger partial charge on any atom is -0.475 e. The van der Waals surface area contributed by atoms with Gasteiger partial charge in [-0.05, 0) is 42.8 Å². The molecule has 10 heteroatoms. The average molecular weight is 469 g/mol. The van der Waals surface area contributed by atoms with E-state index in [1.807, 2.05) is 13.0 Å². The molecule has 2 heterocycles. The molecule has 0 unspecified atom stereocenters. The summed E-state index contributed by atoms with van der Waals surface area (Å²) in [6, 6.07) is 9.72. The van der Waals surface area contributed by atoms with E-state index in [0.717, 1.165) is 16.6 Å². The van der Waals surface area contributed by atoms with Crippen LogP contribution < -0.4 is 4.90 Å². The van der Waals surface area contributed by atoms with Crippen molar-refractivity contribution < 1.29 is 22.7 Å². The molecule has 0 spiro atoms. The molecule has 4 rings (SSSR count). The van der Waals surface area contributed by atoms with Crippen LogP contribution >= 0.6 is 23.2 Å². The maximum absolute atomic E-state index is 13.1. The first kappa shape index (κ1) is 21.0. The quantitative estimate of drug-likeness (QED) is 0.614. The van der Waals surface area contributed by atoms with Crippen molar-refractivity contribution >= 4 is 55.9 Å².